The van der Waals surface area contributed by atoms with Crippen LogP contribution in [0.15, 0.2) is 24.3 Å². The zero-order chi connectivity index (χ0) is 12.1. The minimum Gasteiger partial charge on any atom is -0.353 e. The summed E-state index contributed by atoms with van der Waals surface area (Å²) >= 11 is 0. The minimum atomic E-state index is 0.00616. The van der Waals surface area contributed by atoms with Crippen LogP contribution in [0.25, 0.3) is 0 Å². The van der Waals surface area contributed by atoms with E-state index in [1.807, 2.05) is 12.2 Å². The standard InChI is InChI=1S/C14H25NO/c1-3-5-7-8-9-10-11-12-14(16)15-13-6-4-2/h9-12H,3-8,13H2,1-2H3,(H,15,16)/b10-9-,12-11+. The Bertz CT molecular complexity index is 219. The lowest BCUT2D eigenvalue weighted by Gasteiger charge is -1.98. The van der Waals surface area contributed by atoms with Crippen LogP contribution in [0.5, 0.6) is 0 Å². The number of carbonyl (C=O) groups excluding carboxylic acids is 1. The molecule has 0 radical (unpaired) electrons. The molecule has 0 aromatic rings. The molecule has 1 amide bonds. The van der Waals surface area contributed by atoms with Crippen molar-refractivity contribution in [2.75, 3.05) is 6.54 Å². The van der Waals surface area contributed by atoms with E-state index in [1.165, 1.54) is 19.3 Å². The summed E-state index contributed by atoms with van der Waals surface area (Å²) in [5, 5.41) is 2.84. The Morgan fingerprint density at radius 3 is 2.50 bits per heavy atom. The predicted molar refractivity (Wildman–Crippen MR) is 70.3 cm³/mol. The summed E-state index contributed by atoms with van der Waals surface area (Å²) in [7, 11) is 0. The molecule has 0 heterocycles. The first-order valence-corrected chi connectivity index (χ1v) is 6.42. The van der Waals surface area contributed by atoms with Crippen molar-refractivity contribution in [3.05, 3.63) is 24.3 Å². The van der Waals surface area contributed by atoms with Gasteiger partial charge < -0.3 is 5.32 Å². The summed E-state index contributed by atoms with van der Waals surface area (Å²) in [4.78, 5) is 11.2. The number of nitrogens with one attached hydrogen (secondary N) is 1. The fourth-order valence-corrected chi connectivity index (χ4v) is 1.28. The molecular weight excluding hydrogens is 198 g/mol. The van der Waals surface area contributed by atoms with Gasteiger partial charge in [0.05, 0.1) is 0 Å². The molecule has 0 bridgehead atoms. The number of carbonyl (C=O) groups is 1. The van der Waals surface area contributed by atoms with Gasteiger partial charge in [-0.15, -0.1) is 0 Å². The molecule has 92 valence electrons. The van der Waals surface area contributed by atoms with Gasteiger partial charge in [0, 0.05) is 12.6 Å². The fraction of sp³-hybridized carbons (Fsp3) is 0.643. The average Bonchev–Trinajstić information content (AvgIpc) is 2.28. The lowest BCUT2D eigenvalue weighted by molar-refractivity contribution is -0.116. The van der Waals surface area contributed by atoms with E-state index in [0.717, 1.165) is 25.8 Å². The summed E-state index contributed by atoms with van der Waals surface area (Å²) < 4.78 is 0. The van der Waals surface area contributed by atoms with E-state index in [4.69, 9.17) is 0 Å². The zero-order valence-electron chi connectivity index (χ0n) is 10.7. The van der Waals surface area contributed by atoms with Crippen LogP contribution in [0.1, 0.15) is 52.4 Å². The Kier molecular flexibility index (Phi) is 11.2. The van der Waals surface area contributed by atoms with E-state index in [0.29, 0.717) is 0 Å². The molecule has 0 atom stereocenters. The predicted octanol–water partition coefficient (Wildman–Crippen LogP) is 3.60. The average molecular weight is 223 g/mol. The van der Waals surface area contributed by atoms with E-state index in [9.17, 15) is 4.79 Å². The van der Waals surface area contributed by atoms with Gasteiger partial charge in [0.25, 0.3) is 0 Å². The normalized spacial score (nSPS) is 11.4. The van der Waals surface area contributed by atoms with Gasteiger partial charge in [0.1, 0.15) is 0 Å². The number of hydrogen-bond donors (Lipinski definition) is 1. The molecule has 0 aromatic heterocycles. The third-order valence-electron chi connectivity index (χ3n) is 2.30. The molecule has 0 saturated carbocycles. The highest BCUT2D eigenvalue weighted by molar-refractivity contribution is 5.87. The number of amides is 1. The third-order valence-corrected chi connectivity index (χ3v) is 2.30. The van der Waals surface area contributed by atoms with E-state index in [-0.39, 0.29) is 5.91 Å². The molecular formula is C14H25NO. The first-order valence-electron chi connectivity index (χ1n) is 6.42. The van der Waals surface area contributed by atoms with Gasteiger partial charge >= 0.3 is 0 Å². The van der Waals surface area contributed by atoms with Crippen molar-refractivity contribution in [3.8, 4) is 0 Å². The summed E-state index contributed by atoms with van der Waals surface area (Å²) in [6.45, 7) is 5.09. The molecule has 0 fully saturated rings. The molecule has 0 saturated heterocycles. The Hall–Kier alpha value is -1.05. The maximum absolute atomic E-state index is 11.2. The second-order valence-electron chi connectivity index (χ2n) is 3.93. The van der Waals surface area contributed by atoms with Gasteiger partial charge in [-0.1, -0.05) is 51.3 Å². The lowest BCUT2D eigenvalue weighted by Crippen LogP contribution is -2.21. The first kappa shape index (κ1) is 14.9. The smallest absolute Gasteiger partial charge is 0.243 e. The van der Waals surface area contributed by atoms with Crippen molar-refractivity contribution in [3.63, 3.8) is 0 Å². The van der Waals surface area contributed by atoms with Crippen LogP contribution in [-0.4, -0.2) is 12.5 Å². The molecule has 2 heteroatoms. The largest absolute Gasteiger partial charge is 0.353 e. The van der Waals surface area contributed by atoms with Gasteiger partial charge in [-0.25, -0.2) is 0 Å². The summed E-state index contributed by atoms with van der Waals surface area (Å²) in [5.74, 6) is 0.00616. The maximum atomic E-state index is 11.2. The van der Waals surface area contributed by atoms with Crippen molar-refractivity contribution in [1.29, 1.82) is 0 Å². The molecule has 1 N–H and O–H groups in total. The van der Waals surface area contributed by atoms with E-state index in [2.05, 4.69) is 25.2 Å². The maximum Gasteiger partial charge on any atom is 0.243 e. The molecule has 0 aliphatic rings. The highest BCUT2D eigenvalue weighted by Crippen LogP contribution is 1.99. The van der Waals surface area contributed by atoms with E-state index < -0.39 is 0 Å². The Morgan fingerprint density at radius 2 is 1.81 bits per heavy atom. The number of rotatable bonds is 9. The Labute approximate surface area is 99.8 Å². The van der Waals surface area contributed by atoms with Crippen molar-refractivity contribution in [2.24, 2.45) is 0 Å². The first-order chi connectivity index (χ1) is 7.81. The monoisotopic (exact) mass is 223 g/mol. The number of allylic oxidation sites excluding steroid dienone is 3. The van der Waals surface area contributed by atoms with Crippen LogP contribution in [-0.2, 0) is 4.79 Å². The van der Waals surface area contributed by atoms with Gasteiger partial charge in [0.2, 0.25) is 5.91 Å². The van der Waals surface area contributed by atoms with Crippen LogP contribution < -0.4 is 5.32 Å². The molecule has 0 aliphatic carbocycles. The van der Waals surface area contributed by atoms with Crippen molar-refractivity contribution < 1.29 is 4.79 Å². The van der Waals surface area contributed by atoms with E-state index in [1.54, 1.807) is 6.08 Å². The van der Waals surface area contributed by atoms with Gasteiger partial charge in [-0.2, -0.15) is 0 Å². The molecule has 0 aromatic carbocycles. The quantitative estimate of drug-likeness (QED) is 0.361. The zero-order valence-corrected chi connectivity index (χ0v) is 10.7. The van der Waals surface area contributed by atoms with Crippen LogP contribution >= 0.6 is 0 Å². The van der Waals surface area contributed by atoms with Crippen LogP contribution in [0, 0.1) is 0 Å². The molecule has 16 heavy (non-hydrogen) atoms. The highest BCUT2D eigenvalue weighted by atomic mass is 16.1. The molecule has 0 unspecified atom stereocenters. The summed E-state index contributed by atoms with van der Waals surface area (Å²) in [5.41, 5.74) is 0. The second-order valence-corrected chi connectivity index (χ2v) is 3.93. The Balaban J connectivity index is 3.46. The van der Waals surface area contributed by atoms with Gasteiger partial charge in [-0.3, -0.25) is 4.79 Å². The SMILES string of the molecule is CCCCC/C=C\C=C\C(=O)NCCCC. The van der Waals surface area contributed by atoms with Gasteiger partial charge in [-0.05, 0) is 19.3 Å². The molecule has 0 aliphatic heterocycles. The third kappa shape index (κ3) is 11.0. The molecule has 2 nitrogen and oxygen atoms in total. The fourth-order valence-electron chi connectivity index (χ4n) is 1.28. The lowest BCUT2D eigenvalue weighted by atomic mass is 10.2. The highest BCUT2D eigenvalue weighted by Gasteiger charge is 1.90. The van der Waals surface area contributed by atoms with Crippen molar-refractivity contribution >= 4 is 5.91 Å². The molecule has 0 rings (SSSR count). The molecule has 0 spiro atoms. The van der Waals surface area contributed by atoms with Gasteiger partial charge in [0.15, 0.2) is 0 Å². The topological polar surface area (TPSA) is 29.1 Å². The number of unbranched alkanes of at least 4 members (excludes halogenated alkanes) is 4. The van der Waals surface area contributed by atoms with Crippen molar-refractivity contribution in [1.82, 2.24) is 5.32 Å². The second kappa shape index (κ2) is 12.0. The van der Waals surface area contributed by atoms with Crippen LogP contribution in [0.2, 0.25) is 0 Å². The number of hydrogen-bond acceptors (Lipinski definition) is 1. The Morgan fingerprint density at radius 1 is 1.06 bits per heavy atom. The minimum absolute atomic E-state index is 0.00616. The van der Waals surface area contributed by atoms with Crippen molar-refractivity contribution in [2.45, 2.75) is 52.4 Å². The van der Waals surface area contributed by atoms with E-state index >= 15 is 0 Å². The van der Waals surface area contributed by atoms with Crippen LogP contribution in [0.4, 0.5) is 0 Å². The summed E-state index contributed by atoms with van der Waals surface area (Å²) in [6, 6.07) is 0. The van der Waals surface area contributed by atoms with Crippen LogP contribution in [0.3, 0.4) is 0 Å². The summed E-state index contributed by atoms with van der Waals surface area (Å²) in [6.07, 6.45) is 14.5.